The van der Waals surface area contributed by atoms with Crippen LogP contribution in [0, 0.1) is 0 Å². The summed E-state index contributed by atoms with van der Waals surface area (Å²) in [6.45, 7) is 0. The summed E-state index contributed by atoms with van der Waals surface area (Å²) in [4.78, 5) is 4.59. The highest BCUT2D eigenvalue weighted by Gasteiger charge is 2.20. The monoisotopic (exact) mass is 391 g/mol. The molecule has 122 valence electrons. The van der Waals surface area contributed by atoms with Crippen molar-refractivity contribution in [3.63, 3.8) is 0 Å². The minimum absolute atomic E-state index is 0.544. The van der Waals surface area contributed by atoms with Crippen molar-refractivity contribution >= 4 is 15.9 Å². The smallest absolute Gasteiger partial charge is 0.229 e. The summed E-state index contributed by atoms with van der Waals surface area (Å²) < 4.78 is 5.76. The van der Waals surface area contributed by atoms with Crippen molar-refractivity contribution in [2.24, 2.45) is 0 Å². The van der Waals surface area contributed by atoms with Crippen LogP contribution < -0.4 is 0 Å². The average Bonchev–Trinajstić information content (AvgIpc) is 3.18. The summed E-state index contributed by atoms with van der Waals surface area (Å²) >= 11 is 3.42. The van der Waals surface area contributed by atoms with Gasteiger partial charge in [-0.05, 0) is 5.56 Å². The quantitative estimate of drug-likeness (QED) is 0.439. The molecule has 0 saturated carbocycles. The zero-order valence-corrected chi connectivity index (χ0v) is 14.8. The second-order valence-corrected chi connectivity index (χ2v) is 6.05. The molecule has 0 fully saturated rings. The second kappa shape index (κ2) is 6.99. The summed E-state index contributed by atoms with van der Waals surface area (Å²) in [5.74, 6) is 0.544. The van der Waals surface area contributed by atoms with E-state index in [-0.39, 0.29) is 0 Å². The van der Waals surface area contributed by atoms with Gasteiger partial charge in [0, 0.05) is 16.5 Å². The highest BCUT2D eigenvalue weighted by Crippen LogP contribution is 2.37. The van der Waals surface area contributed by atoms with Gasteiger partial charge in [-0.3, -0.25) is 0 Å². The number of aromatic nitrogens is 3. The normalized spacial score (nSPS) is 10.8. The summed E-state index contributed by atoms with van der Waals surface area (Å²) in [6.07, 6.45) is 3.42. The number of alkyl halides is 1. The Morgan fingerprint density at radius 1 is 0.880 bits per heavy atom. The van der Waals surface area contributed by atoms with Crippen LogP contribution in [0.1, 0.15) is 5.69 Å². The number of oxazole rings is 1. The van der Waals surface area contributed by atoms with E-state index >= 15 is 0 Å². The van der Waals surface area contributed by atoms with E-state index in [2.05, 4.69) is 31.1 Å². The summed E-state index contributed by atoms with van der Waals surface area (Å²) in [6, 6.07) is 20.0. The zero-order chi connectivity index (χ0) is 17.1. The van der Waals surface area contributed by atoms with E-state index in [4.69, 9.17) is 4.42 Å². The average molecular weight is 392 g/mol. The maximum Gasteiger partial charge on any atom is 0.229 e. The van der Waals surface area contributed by atoms with Crippen LogP contribution in [0.5, 0.6) is 0 Å². The van der Waals surface area contributed by atoms with Crippen molar-refractivity contribution < 1.29 is 4.42 Å². The van der Waals surface area contributed by atoms with E-state index < -0.39 is 0 Å². The molecule has 0 bridgehead atoms. The van der Waals surface area contributed by atoms with Gasteiger partial charge in [-0.25, -0.2) is 4.98 Å². The van der Waals surface area contributed by atoms with Gasteiger partial charge in [0.15, 0.2) is 0 Å². The van der Waals surface area contributed by atoms with Crippen molar-refractivity contribution in [1.82, 2.24) is 15.2 Å². The van der Waals surface area contributed by atoms with E-state index in [1.165, 1.54) is 0 Å². The maximum atomic E-state index is 5.76. The van der Waals surface area contributed by atoms with E-state index in [0.29, 0.717) is 11.2 Å². The van der Waals surface area contributed by atoms with Crippen LogP contribution in [0.4, 0.5) is 0 Å². The van der Waals surface area contributed by atoms with Crippen LogP contribution >= 0.6 is 15.9 Å². The van der Waals surface area contributed by atoms with Gasteiger partial charge >= 0.3 is 0 Å². The molecule has 5 heteroatoms. The summed E-state index contributed by atoms with van der Waals surface area (Å²) in [5.41, 5.74) is 5.40. The lowest BCUT2D eigenvalue weighted by atomic mass is 9.97. The predicted molar refractivity (Wildman–Crippen MR) is 101 cm³/mol. The van der Waals surface area contributed by atoms with Gasteiger partial charge in [0.1, 0.15) is 12.0 Å². The molecule has 0 amide bonds. The molecule has 2 aromatic carbocycles. The van der Waals surface area contributed by atoms with Crippen LogP contribution in [0.25, 0.3) is 33.8 Å². The fourth-order valence-electron chi connectivity index (χ4n) is 2.72. The van der Waals surface area contributed by atoms with Crippen molar-refractivity contribution in [2.45, 2.75) is 5.33 Å². The molecule has 0 radical (unpaired) electrons. The zero-order valence-electron chi connectivity index (χ0n) is 13.3. The van der Waals surface area contributed by atoms with Crippen LogP contribution in [0.15, 0.2) is 77.5 Å². The second-order valence-electron chi connectivity index (χ2n) is 5.49. The Balaban J connectivity index is 1.99. The molecule has 2 heterocycles. The Kier molecular flexibility index (Phi) is 4.39. The largest absolute Gasteiger partial charge is 0.444 e. The number of hydrogen-bond donors (Lipinski definition) is 0. The van der Waals surface area contributed by atoms with Crippen LogP contribution in [-0.4, -0.2) is 15.2 Å². The van der Waals surface area contributed by atoms with Gasteiger partial charge in [-0.15, -0.1) is 5.10 Å². The van der Waals surface area contributed by atoms with Crippen LogP contribution in [0.3, 0.4) is 0 Å². The molecule has 0 N–H and O–H groups in total. The van der Waals surface area contributed by atoms with Gasteiger partial charge in [-0.2, -0.15) is 5.10 Å². The molecule has 4 nitrogen and oxygen atoms in total. The number of hydrogen-bond acceptors (Lipinski definition) is 4. The number of nitrogens with zero attached hydrogens (tertiary/aromatic N) is 3. The minimum Gasteiger partial charge on any atom is -0.444 e. The van der Waals surface area contributed by atoms with Crippen molar-refractivity contribution in [3.05, 3.63) is 78.8 Å². The maximum absolute atomic E-state index is 5.76. The van der Waals surface area contributed by atoms with Crippen molar-refractivity contribution in [3.8, 4) is 33.8 Å². The van der Waals surface area contributed by atoms with Gasteiger partial charge < -0.3 is 4.42 Å². The number of rotatable bonds is 4. The van der Waals surface area contributed by atoms with E-state index in [9.17, 15) is 0 Å². The van der Waals surface area contributed by atoms with E-state index in [1.807, 2.05) is 60.7 Å². The van der Waals surface area contributed by atoms with Crippen molar-refractivity contribution in [1.29, 1.82) is 0 Å². The molecular formula is C20H14BrN3O. The van der Waals surface area contributed by atoms with Crippen LogP contribution in [-0.2, 0) is 5.33 Å². The molecule has 0 aliphatic rings. The lowest BCUT2D eigenvalue weighted by Gasteiger charge is -2.11. The Bertz CT molecular complexity index is 927. The molecular weight excluding hydrogens is 378 g/mol. The first-order valence-electron chi connectivity index (χ1n) is 7.84. The van der Waals surface area contributed by atoms with E-state index in [1.54, 1.807) is 12.5 Å². The number of halogens is 1. The fraction of sp³-hybridized carbons (Fsp3) is 0.0500. The molecule has 0 aliphatic heterocycles. The third-order valence-electron chi connectivity index (χ3n) is 3.89. The third-order valence-corrected chi connectivity index (χ3v) is 4.46. The fourth-order valence-corrected chi connectivity index (χ4v) is 2.98. The SMILES string of the molecule is BrCc1coc(-c2c(-c3ccccc3)cnnc2-c2ccccc2)n1. The number of benzene rings is 2. The Labute approximate surface area is 153 Å². The lowest BCUT2D eigenvalue weighted by molar-refractivity contribution is 0.573. The standard InChI is InChI=1S/C20H14BrN3O/c21-11-16-13-25-20(23-16)18-17(14-7-3-1-4-8-14)12-22-24-19(18)15-9-5-2-6-10-15/h1-10,12-13H,11H2. The Morgan fingerprint density at radius 3 is 2.20 bits per heavy atom. The van der Waals surface area contributed by atoms with Crippen LogP contribution in [0.2, 0.25) is 0 Å². The first-order chi connectivity index (χ1) is 12.4. The first kappa shape index (κ1) is 15.7. The first-order valence-corrected chi connectivity index (χ1v) is 8.96. The van der Waals surface area contributed by atoms with Gasteiger partial charge in [0.25, 0.3) is 0 Å². The molecule has 25 heavy (non-hydrogen) atoms. The molecule has 4 aromatic rings. The molecule has 4 rings (SSSR count). The molecule has 0 atom stereocenters. The molecule has 0 unspecified atom stereocenters. The summed E-state index contributed by atoms with van der Waals surface area (Å²) in [7, 11) is 0. The third kappa shape index (κ3) is 3.10. The Hall–Kier alpha value is -2.79. The highest BCUT2D eigenvalue weighted by molar-refractivity contribution is 9.08. The van der Waals surface area contributed by atoms with Gasteiger partial charge in [0.05, 0.1) is 17.5 Å². The lowest BCUT2D eigenvalue weighted by Crippen LogP contribution is -1.96. The molecule has 0 spiro atoms. The highest BCUT2D eigenvalue weighted by atomic mass is 79.9. The van der Waals surface area contributed by atoms with Gasteiger partial charge in [-0.1, -0.05) is 76.6 Å². The van der Waals surface area contributed by atoms with Gasteiger partial charge in [0.2, 0.25) is 5.89 Å². The van der Waals surface area contributed by atoms with Crippen molar-refractivity contribution in [2.75, 3.05) is 0 Å². The van der Waals surface area contributed by atoms with E-state index in [0.717, 1.165) is 33.6 Å². The molecule has 0 aliphatic carbocycles. The molecule has 0 saturated heterocycles. The predicted octanol–water partition coefficient (Wildman–Crippen LogP) is 5.36. The minimum atomic E-state index is 0.544. The molecule has 2 aromatic heterocycles. The summed E-state index contributed by atoms with van der Waals surface area (Å²) in [5, 5.41) is 9.24. The topological polar surface area (TPSA) is 51.8 Å². The Morgan fingerprint density at radius 2 is 1.56 bits per heavy atom.